The first kappa shape index (κ1) is 103. The average molecular weight is 1550 g/mol. The van der Waals surface area contributed by atoms with E-state index in [-0.39, 0.29) is 0 Å². The van der Waals surface area contributed by atoms with Crippen LogP contribution >= 0.6 is 0 Å². The molecule has 0 radical (unpaired) electrons. The lowest BCUT2D eigenvalue weighted by atomic mass is 9.79. The number of para-hydroxylation sites is 2. The van der Waals surface area contributed by atoms with Crippen molar-refractivity contribution < 1.29 is 0 Å². The molecule has 9 aliphatic heterocycles. The van der Waals surface area contributed by atoms with Gasteiger partial charge in [0, 0.05) is 71.8 Å². The standard InChI is InChI=1S/C17H27N.C15H23N.C13H27N.C11H23N.2C10H21N.2C9H19N.C8H17N/c1-3-12-17(13-4-2)14-8-9-15-18(17)16-10-6-5-7-11-16;1-3-15(4-2)12-8-9-13-16(15)14-10-6-5-7-11-14;1-3-5-9-13-10-7-8-12-14(13)11-6-4-2;1-3-5-9-12-10-7-6-8-11(12)4-2;1-3-4-8-11-9-6-5-7-10(11)2;1-3-8-11-9-6-5-7-10(11)4-2;1-3-7-10-8-5-4-6-9(10)2;1-2-3-7-10-8-5-4-6-9-10;1-3-9-7-5-4-6-8(9)2/h5-7,10-11H,3-4,8-9,12-15H2,1-2H3;5-7,10-11H,3-4,8-9,12-13H2,1-2H3;13H,3-12H2,1-2H3;11H,3-10H2,1-2H3;2*10H,3-9H2,1-2H3;9H,3-8H2,1-2H3;2-9H2,1H3;8H,3-7H2,1-2H3. The summed E-state index contributed by atoms with van der Waals surface area (Å²) in [7, 11) is 0. The van der Waals surface area contributed by atoms with Crippen LogP contribution < -0.4 is 9.80 Å². The number of benzene rings is 2. The smallest absolute Gasteiger partial charge is 0.0402 e. The summed E-state index contributed by atoms with van der Waals surface area (Å²) in [6.07, 6.45) is 66.7. The van der Waals surface area contributed by atoms with Crippen LogP contribution in [0.25, 0.3) is 0 Å². The third-order valence-electron chi connectivity index (χ3n) is 27.6. The molecule has 9 nitrogen and oxygen atoms in total. The molecular weight excluding hydrogens is 1350 g/mol. The van der Waals surface area contributed by atoms with Crippen LogP contribution in [0.3, 0.4) is 0 Å². The Morgan fingerprint density at radius 2 is 0.613 bits per heavy atom. The summed E-state index contributed by atoms with van der Waals surface area (Å²) in [6, 6.07) is 27.3. The maximum Gasteiger partial charge on any atom is 0.0402 e. The van der Waals surface area contributed by atoms with Crippen LogP contribution in [0.1, 0.15) is 426 Å². The minimum absolute atomic E-state index is 0.416. The monoisotopic (exact) mass is 1550 g/mol. The fourth-order valence-electron chi connectivity index (χ4n) is 20.4. The average Bonchev–Trinajstić information content (AvgIpc) is 0.798. The van der Waals surface area contributed by atoms with Gasteiger partial charge in [-0.15, -0.1) is 0 Å². The van der Waals surface area contributed by atoms with Gasteiger partial charge >= 0.3 is 0 Å². The van der Waals surface area contributed by atoms with Gasteiger partial charge in [0.15, 0.2) is 0 Å². The first-order chi connectivity index (χ1) is 54.2. The first-order valence-corrected chi connectivity index (χ1v) is 50.1. The molecule has 11 rings (SSSR count). The van der Waals surface area contributed by atoms with Crippen LogP contribution in [0.15, 0.2) is 60.7 Å². The molecule has 0 N–H and O–H groups in total. The molecule has 2 aromatic rings. The maximum absolute atomic E-state index is 2.75. The number of piperidine rings is 9. The second-order valence-electron chi connectivity index (χ2n) is 36.1. The molecule has 9 aliphatic rings. The second kappa shape index (κ2) is 66.6. The van der Waals surface area contributed by atoms with Gasteiger partial charge in [-0.05, 0) is 355 Å². The topological polar surface area (TPSA) is 29.2 Å². The second-order valence-corrected chi connectivity index (χ2v) is 36.1. The number of anilines is 2. The number of unbranched alkanes of at least 4 members (excludes halogenated alkanes) is 5. The highest BCUT2D eigenvalue weighted by Crippen LogP contribution is 2.41. The van der Waals surface area contributed by atoms with Crippen molar-refractivity contribution in [2.75, 3.05) is 121 Å². The molecule has 0 bridgehead atoms. The van der Waals surface area contributed by atoms with Gasteiger partial charge in [0.25, 0.3) is 0 Å². The van der Waals surface area contributed by atoms with Crippen LogP contribution in [-0.4, -0.2) is 193 Å². The number of hydrogen-bond acceptors (Lipinski definition) is 9. The zero-order valence-electron chi connectivity index (χ0n) is 78.2. The van der Waals surface area contributed by atoms with Gasteiger partial charge in [-0.1, -0.05) is 230 Å². The van der Waals surface area contributed by atoms with Crippen LogP contribution in [0.2, 0.25) is 0 Å². The molecule has 9 saturated heterocycles. The molecule has 6 atom stereocenters. The van der Waals surface area contributed by atoms with Gasteiger partial charge in [0.2, 0.25) is 0 Å². The lowest BCUT2D eigenvalue weighted by molar-refractivity contribution is 0.136. The van der Waals surface area contributed by atoms with Gasteiger partial charge in [0.1, 0.15) is 0 Å². The Bertz CT molecular complexity index is 2270. The van der Waals surface area contributed by atoms with Crippen molar-refractivity contribution >= 4 is 11.4 Å². The van der Waals surface area contributed by atoms with E-state index in [1.165, 1.54) is 431 Å². The van der Waals surface area contributed by atoms with E-state index < -0.39 is 0 Å². The van der Waals surface area contributed by atoms with Crippen molar-refractivity contribution in [1.29, 1.82) is 0 Å². The highest BCUT2D eigenvalue weighted by molar-refractivity contribution is 5.50. The Morgan fingerprint density at radius 1 is 0.279 bits per heavy atom. The van der Waals surface area contributed by atoms with Crippen molar-refractivity contribution in [3.8, 4) is 0 Å². The fourth-order valence-corrected chi connectivity index (χ4v) is 20.4. The first-order valence-electron chi connectivity index (χ1n) is 50.1. The van der Waals surface area contributed by atoms with Crippen LogP contribution in [0, 0.1) is 0 Å². The fraction of sp³-hybridized carbons (Fsp3) is 0.882. The number of hydrogen-bond donors (Lipinski definition) is 0. The van der Waals surface area contributed by atoms with Gasteiger partial charge in [-0.25, -0.2) is 0 Å². The minimum atomic E-state index is 0.416. The highest BCUT2D eigenvalue weighted by Gasteiger charge is 2.38. The van der Waals surface area contributed by atoms with Crippen molar-refractivity contribution in [3.63, 3.8) is 0 Å². The summed E-state index contributed by atoms with van der Waals surface area (Å²) >= 11 is 0. The van der Waals surface area contributed by atoms with Gasteiger partial charge in [-0.2, -0.15) is 0 Å². The van der Waals surface area contributed by atoms with E-state index in [0.717, 1.165) is 36.3 Å². The zero-order chi connectivity index (χ0) is 80.8. The Hall–Kier alpha value is -2.24. The molecule has 0 amide bonds. The summed E-state index contributed by atoms with van der Waals surface area (Å²) in [5.41, 5.74) is 3.69. The van der Waals surface area contributed by atoms with E-state index in [9.17, 15) is 0 Å². The van der Waals surface area contributed by atoms with Crippen LogP contribution in [0.5, 0.6) is 0 Å². The van der Waals surface area contributed by atoms with Crippen molar-refractivity contribution in [2.45, 2.75) is 473 Å². The number of likely N-dealkylation sites (tertiary alicyclic amines) is 7. The molecule has 9 heteroatoms. The largest absolute Gasteiger partial charge is 0.366 e. The normalized spacial score (nSPS) is 24.2. The lowest BCUT2D eigenvalue weighted by Crippen LogP contribution is -2.52. The highest BCUT2D eigenvalue weighted by atomic mass is 15.2. The van der Waals surface area contributed by atoms with E-state index in [4.69, 9.17) is 0 Å². The lowest BCUT2D eigenvalue weighted by Gasteiger charge is -2.49. The molecule has 6 unspecified atom stereocenters. The molecule has 0 aromatic heterocycles. The Labute approximate surface area is 696 Å². The predicted octanol–water partition coefficient (Wildman–Crippen LogP) is 27.9. The maximum atomic E-state index is 2.75. The van der Waals surface area contributed by atoms with E-state index >= 15 is 0 Å². The SMILES string of the molecule is CCC1(CC)CCCCN1c1ccccc1.CCCC1(CCC)CCCCN1c1ccccc1.CCCCC1CCCCN1CCCC.CCCCN1CCCCC1.CCCCN1CCCCC1C.CCCCN1CCCCC1CC.CCCN1CCCCC1C.CCCN1CCCCC1CC.CCN1CCCCC1C. The summed E-state index contributed by atoms with van der Waals surface area (Å²) in [5, 5.41) is 0. The molecule has 0 aliphatic carbocycles. The van der Waals surface area contributed by atoms with Crippen molar-refractivity contribution in [2.24, 2.45) is 0 Å². The molecular formula is C102H197N9. The molecule has 0 saturated carbocycles. The molecule has 650 valence electrons. The third kappa shape index (κ3) is 41.8. The van der Waals surface area contributed by atoms with Gasteiger partial charge in [0.05, 0.1) is 0 Å². The molecule has 9 heterocycles. The van der Waals surface area contributed by atoms with Crippen LogP contribution in [0.4, 0.5) is 11.4 Å². The van der Waals surface area contributed by atoms with E-state index in [1.54, 1.807) is 0 Å². The number of nitrogens with zero attached hydrogens (tertiary/aromatic N) is 9. The molecule has 111 heavy (non-hydrogen) atoms. The van der Waals surface area contributed by atoms with Crippen molar-refractivity contribution in [1.82, 2.24) is 34.3 Å². The summed E-state index contributed by atoms with van der Waals surface area (Å²) in [4.78, 5) is 23.9. The molecule has 0 spiro atoms. The van der Waals surface area contributed by atoms with Gasteiger partial charge < -0.3 is 44.1 Å². The summed E-state index contributed by atoms with van der Waals surface area (Å²) in [5.74, 6) is 0. The Balaban J connectivity index is 0.000000326. The van der Waals surface area contributed by atoms with E-state index in [1.807, 2.05) is 0 Å². The summed E-state index contributed by atoms with van der Waals surface area (Å²) < 4.78 is 0. The predicted molar refractivity (Wildman–Crippen MR) is 500 cm³/mol. The Morgan fingerprint density at radius 3 is 1.00 bits per heavy atom. The quantitative estimate of drug-likeness (QED) is 0.0759. The molecule has 9 fully saturated rings. The molecule has 2 aromatic carbocycles. The number of rotatable bonds is 30. The summed E-state index contributed by atoms with van der Waals surface area (Å²) in [6.45, 7) is 61.8. The van der Waals surface area contributed by atoms with Crippen LogP contribution in [-0.2, 0) is 0 Å². The third-order valence-corrected chi connectivity index (χ3v) is 27.6. The van der Waals surface area contributed by atoms with E-state index in [2.05, 4.69) is 222 Å². The minimum Gasteiger partial charge on any atom is -0.366 e. The zero-order valence-corrected chi connectivity index (χ0v) is 78.2. The Kier molecular flexibility index (Phi) is 61.8. The van der Waals surface area contributed by atoms with Crippen molar-refractivity contribution in [3.05, 3.63) is 60.7 Å². The van der Waals surface area contributed by atoms with E-state index in [0.29, 0.717) is 11.1 Å². The van der Waals surface area contributed by atoms with Gasteiger partial charge in [-0.3, -0.25) is 0 Å².